The summed E-state index contributed by atoms with van der Waals surface area (Å²) >= 11 is 0. The number of nitrogens with zero attached hydrogens (tertiary/aromatic N) is 1. The highest BCUT2D eigenvalue weighted by Gasteiger charge is 2.20. The molecule has 1 N–H and O–H groups in total. The molecule has 3 nitrogen and oxygen atoms in total. The fourth-order valence-corrected chi connectivity index (χ4v) is 2.89. The van der Waals surface area contributed by atoms with Crippen molar-refractivity contribution in [1.82, 2.24) is 10.2 Å². The summed E-state index contributed by atoms with van der Waals surface area (Å²) in [6.07, 6.45) is 5.11. The van der Waals surface area contributed by atoms with Crippen molar-refractivity contribution in [2.24, 2.45) is 0 Å². The number of ether oxygens (including phenoxy) is 1. The summed E-state index contributed by atoms with van der Waals surface area (Å²) in [5, 5.41) is 3.46. The van der Waals surface area contributed by atoms with Crippen molar-refractivity contribution in [3.63, 3.8) is 0 Å². The molecule has 20 heavy (non-hydrogen) atoms. The summed E-state index contributed by atoms with van der Waals surface area (Å²) in [4.78, 5) is 2.67. The molecule has 1 aromatic carbocycles. The smallest absolute Gasteiger partial charge is 0.118 e. The molecule has 1 aliphatic rings. The predicted octanol–water partition coefficient (Wildman–Crippen LogP) is 3.05. The van der Waals surface area contributed by atoms with Crippen molar-refractivity contribution in [2.45, 2.75) is 45.2 Å². The summed E-state index contributed by atoms with van der Waals surface area (Å²) in [5.41, 5.74) is 1.39. The Hall–Kier alpha value is -1.06. The molecule has 0 radical (unpaired) electrons. The number of piperidine rings is 1. The fraction of sp³-hybridized carbons (Fsp3) is 0.647. The van der Waals surface area contributed by atoms with Crippen LogP contribution in [0, 0.1) is 0 Å². The molecular weight excluding hydrogens is 248 g/mol. The second-order valence-electron chi connectivity index (χ2n) is 5.65. The molecule has 0 amide bonds. The molecule has 1 aliphatic heterocycles. The van der Waals surface area contributed by atoms with Gasteiger partial charge in [-0.1, -0.05) is 25.5 Å². The molecule has 2 rings (SSSR count). The molecule has 0 atom stereocenters. The highest BCUT2D eigenvalue weighted by molar-refractivity contribution is 5.27. The summed E-state index contributed by atoms with van der Waals surface area (Å²) in [6.45, 7) is 6.88. The molecule has 3 heteroatoms. The zero-order valence-corrected chi connectivity index (χ0v) is 12.9. The molecule has 0 bridgehead atoms. The van der Waals surface area contributed by atoms with E-state index in [0.29, 0.717) is 0 Å². The van der Waals surface area contributed by atoms with Crippen LogP contribution in [0.1, 0.15) is 38.2 Å². The topological polar surface area (TPSA) is 24.5 Å². The Morgan fingerprint density at radius 1 is 1.20 bits per heavy atom. The van der Waals surface area contributed by atoms with E-state index in [4.69, 9.17) is 4.74 Å². The summed E-state index contributed by atoms with van der Waals surface area (Å²) in [6, 6.07) is 9.26. The van der Waals surface area contributed by atoms with Gasteiger partial charge in [-0.15, -0.1) is 0 Å². The van der Waals surface area contributed by atoms with E-state index >= 15 is 0 Å². The van der Waals surface area contributed by atoms with E-state index in [1.54, 1.807) is 7.11 Å². The van der Waals surface area contributed by atoms with Crippen LogP contribution in [0.2, 0.25) is 0 Å². The first-order chi connectivity index (χ1) is 9.83. The Morgan fingerprint density at radius 3 is 2.50 bits per heavy atom. The number of hydrogen-bond donors (Lipinski definition) is 1. The Bertz CT molecular complexity index is 371. The average molecular weight is 276 g/mol. The van der Waals surface area contributed by atoms with Gasteiger partial charge in [-0.2, -0.15) is 0 Å². The van der Waals surface area contributed by atoms with E-state index in [9.17, 15) is 0 Å². The quantitative estimate of drug-likeness (QED) is 0.828. The molecule has 1 aromatic rings. The zero-order valence-electron chi connectivity index (χ0n) is 12.9. The number of benzene rings is 1. The molecule has 0 spiro atoms. The van der Waals surface area contributed by atoms with Gasteiger partial charge in [-0.3, -0.25) is 4.90 Å². The van der Waals surface area contributed by atoms with Gasteiger partial charge in [0.1, 0.15) is 5.75 Å². The molecule has 1 heterocycles. The van der Waals surface area contributed by atoms with Crippen LogP contribution in [-0.2, 0) is 6.54 Å². The summed E-state index contributed by atoms with van der Waals surface area (Å²) in [7, 11) is 1.72. The Morgan fingerprint density at radius 2 is 1.90 bits per heavy atom. The van der Waals surface area contributed by atoms with Crippen LogP contribution in [-0.4, -0.2) is 37.7 Å². The first-order valence-corrected chi connectivity index (χ1v) is 7.91. The van der Waals surface area contributed by atoms with Gasteiger partial charge in [0.05, 0.1) is 7.11 Å². The molecule has 0 unspecified atom stereocenters. The van der Waals surface area contributed by atoms with Gasteiger partial charge in [0.2, 0.25) is 0 Å². The predicted molar refractivity (Wildman–Crippen MR) is 84.2 cm³/mol. The molecule has 0 saturated carbocycles. The van der Waals surface area contributed by atoms with E-state index in [1.165, 1.54) is 37.8 Å². The van der Waals surface area contributed by atoms with Crippen molar-refractivity contribution in [3.8, 4) is 5.75 Å². The first kappa shape index (κ1) is 15.3. The van der Waals surface area contributed by atoms with Crippen LogP contribution in [0.4, 0.5) is 0 Å². The molecule has 1 saturated heterocycles. The molecule has 0 aromatic heterocycles. The number of methoxy groups -OCH3 is 1. The third-order valence-electron chi connectivity index (χ3n) is 4.17. The third-order valence-corrected chi connectivity index (χ3v) is 4.17. The molecule has 1 fully saturated rings. The lowest BCUT2D eigenvalue weighted by molar-refractivity contribution is 0.152. The monoisotopic (exact) mass is 276 g/mol. The Labute approximate surface area is 123 Å². The fourth-order valence-electron chi connectivity index (χ4n) is 2.89. The van der Waals surface area contributed by atoms with E-state index in [1.807, 2.05) is 0 Å². The maximum atomic E-state index is 5.23. The highest BCUT2D eigenvalue weighted by Crippen LogP contribution is 2.18. The van der Waals surface area contributed by atoms with Crippen LogP contribution < -0.4 is 10.1 Å². The second kappa shape index (κ2) is 8.28. The highest BCUT2D eigenvalue weighted by atomic mass is 16.5. The van der Waals surface area contributed by atoms with E-state index < -0.39 is 0 Å². The minimum atomic E-state index is 0.741. The minimum absolute atomic E-state index is 0.741. The van der Waals surface area contributed by atoms with Crippen LogP contribution in [0.3, 0.4) is 0 Å². The molecule has 112 valence electrons. The van der Waals surface area contributed by atoms with E-state index in [-0.39, 0.29) is 0 Å². The van der Waals surface area contributed by atoms with Gasteiger partial charge in [-0.25, -0.2) is 0 Å². The molecular formula is C17H28N2O. The van der Waals surface area contributed by atoms with Crippen LogP contribution in [0.15, 0.2) is 24.3 Å². The standard InChI is InChI=1S/C17H28N2O/c1-3-4-13-19(16-9-11-18-12-10-16)14-15-5-7-17(20-2)8-6-15/h5-8,16,18H,3-4,9-14H2,1-2H3. The number of rotatable bonds is 7. The van der Waals surface area contributed by atoms with Crippen molar-refractivity contribution >= 4 is 0 Å². The normalized spacial score (nSPS) is 16.6. The maximum absolute atomic E-state index is 5.23. The van der Waals surface area contributed by atoms with Gasteiger partial charge in [0.15, 0.2) is 0 Å². The van der Waals surface area contributed by atoms with Gasteiger partial charge in [-0.05, 0) is 56.6 Å². The van der Waals surface area contributed by atoms with Gasteiger partial charge < -0.3 is 10.1 Å². The zero-order chi connectivity index (χ0) is 14.2. The van der Waals surface area contributed by atoms with Gasteiger partial charge >= 0.3 is 0 Å². The Kier molecular flexibility index (Phi) is 6.34. The van der Waals surface area contributed by atoms with Crippen molar-refractivity contribution < 1.29 is 4.74 Å². The summed E-state index contributed by atoms with van der Waals surface area (Å²) < 4.78 is 5.23. The van der Waals surface area contributed by atoms with Crippen LogP contribution >= 0.6 is 0 Å². The lowest BCUT2D eigenvalue weighted by atomic mass is 10.0. The van der Waals surface area contributed by atoms with Crippen molar-refractivity contribution in [2.75, 3.05) is 26.7 Å². The van der Waals surface area contributed by atoms with Crippen LogP contribution in [0.5, 0.6) is 5.75 Å². The van der Waals surface area contributed by atoms with E-state index in [2.05, 4.69) is 41.4 Å². The lowest BCUT2D eigenvalue weighted by Gasteiger charge is -2.34. The summed E-state index contributed by atoms with van der Waals surface area (Å²) in [5.74, 6) is 0.940. The first-order valence-electron chi connectivity index (χ1n) is 7.91. The number of nitrogens with one attached hydrogen (secondary N) is 1. The van der Waals surface area contributed by atoms with Crippen LogP contribution in [0.25, 0.3) is 0 Å². The largest absolute Gasteiger partial charge is 0.497 e. The minimum Gasteiger partial charge on any atom is -0.497 e. The van der Waals surface area contributed by atoms with E-state index in [0.717, 1.165) is 31.4 Å². The average Bonchev–Trinajstić information content (AvgIpc) is 2.53. The van der Waals surface area contributed by atoms with Crippen molar-refractivity contribution in [1.29, 1.82) is 0 Å². The van der Waals surface area contributed by atoms with Gasteiger partial charge in [0.25, 0.3) is 0 Å². The van der Waals surface area contributed by atoms with Gasteiger partial charge in [0, 0.05) is 12.6 Å². The van der Waals surface area contributed by atoms with Crippen molar-refractivity contribution in [3.05, 3.63) is 29.8 Å². The lowest BCUT2D eigenvalue weighted by Crippen LogP contribution is -2.43. The molecule has 0 aliphatic carbocycles. The third kappa shape index (κ3) is 4.50. The second-order valence-corrected chi connectivity index (χ2v) is 5.65. The Balaban J connectivity index is 1.97. The number of hydrogen-bond acceptors (Lipinski definition) is 3. The SMILES string of the molecule is CCCCN(Cc1ccc(OC)cc1)C1CCNCC1. The number of unbranched alkanes of at least 4 members (excludes halogenated alkanes) is 1. The maximum Gasteiger partial charge on any atom is 0.118 e.